The maximum absolute atomic E-state index is 12.5. The van der Waals surface area contributed by atoms with Gasteiger partial charge < -0.3 is 10.6 Å². The van der Waals surface area contributed by atoms with Gasteiger partial charge >= 0.3 is 0 Å². The molecule has 0 saturated carbocycles. The van der Waals surface area contributed by atoms with E-state index in [1.54, 1.807) is 12.1 Å². The molecule has 0 aliphatic heterocycles. The van der Waals surface area contributed by atoms with Gasteiger partial charge in [-0.2, -0.15) is 5.10 Å². The molecule has 2 aromatic carbocycles. The van der Waals surface area contributed by atoms with Crippen LogP contribution >= 0.6 is 15.9 Å². The lowest BCUT2D eigenvalue weighted by molar-refractivity contribution is -0.116. The topological polar surface area (TPSA) is 76.0 Å². The maximum atomic E-state index is 12.5. The van der Waals surface area contributed by atoms with Gasteiger partial charge in [0.1, 0.15) is 5.82 Å². The van der Waals surface area contributed by atoms with E-state index in [1.807, 2.05) is 47.1 Å². The van der Waals surface area contributed by atoms with Crippen LogP contribution in [0.4, 0.5) is 5.82 Å². The zero-order valence-corrected chi connectivity index (χ0v) is 17.4. The van der Waals surface area contributed by atoms with Crippen molar-refractivity contribution < 1.29 is 9.59 Å². The van der Waals surface area contributed by atoms with Crippen molar-refractivity contribution in [2.45, 2.75) is 25.7 Å². The lowest BCUT2D eigenvalue weighted by Crippen LogP contribution is -2.28. The molecular weight excluding hydrogens is 432 g/mol. The molecule has 1 aliphatic carbocycles. The molecule has 2 N–H and O–H groups in total. The molecule has 148 valence electrons. The summed E-state index contributed by atoms with van der Waals surface area (Å²) in [5.74, 6) is 0.404. The zero-order valence-electron chi connectivity index (χ0n) is 15.8. The summed E-state index contributed by atoms with van der Waals surface area (Å²) >= 11 is 3.35. The number of hydrogen-bond acceptors (Lipinski definition) is 3. The van der Waals surface area contributed by atoms with E-state index in [4.69, 9.17) is 5.10 Å². The van der Waals surface area contributed by atoms with Crippen molar-refractivity contribution in [3.05, 3.63) is 75.9 Å². The number of carbonyl (C=O) groups excluding carboxylic acids is 2. The van der Waals surface area contributed by atoms with Gasteiger partial charge in [0.15, 0.2) is 0 Å². The summed E-state index contributed by atoms with van der Waals surface area (Å²) in [6, 6.07) is 16.9. The number of rotatable bonds is 6. The van der Waals surface area contributed by atoms with E-state index in [0.717, 1.165) is 46.5 Å². The molecule has 0 spiro atoms. The Bertz CT molecular complexity index is 1030. The number of hydrogen-bond donors (Lipinski definition) is 2. The second-order valence-electron chi connectivity index (χ2n) is 6.94. The lowest BCUT2D eigenvalue weighted by atomic mass is 10.2. The predicted octanol–water partition coefficient (Wildman–Crippen LogP) is 3.88. The molecule has 4 rings (SSSR count). The number of carbonyl (C=O) groups is 2. The van der Waals surface area contributed by atoms with Crippen molar-refractivity contribution in [3.63, 3.8) is 0 Å². The van der Waals surface area contributed by atoms with Crippen LogP contribution in [0.1, 0.15) is 34.5 Å². The first kappa shape index (κ1) is 19.4. The Morgan fingerprint density at radius 2 is 1.79 bits per heavy atom. The normalized spacial score (nSPS) is 12.4. The van der Waals surface area contributed by atoms with E-state index in [1.165, 1.54) is 0 Å². The van der Waals surface area contributed by atoms with E-state index < -0.39 is 0 Å². The summed E-state index contributed by atoms with van der Waals surface area (Å²) in [5.41, 5.74) is 3.64. The highest BCUT2D eigenvalue weighted by atomic mass is 79.9. The summed E-state index contributed by atoms with van der Waals surface area (Å²) in [7, 11) is 0. The molecule has 0 radical (unpaired) electrons. The van der Waals surface area contributed by atoms with Crippen LogP contribution in [0.5, 0.6) is 0 Å². The SMILES string of the molecule is O=C(CCNC(=O)c1ccc(Br)cc1)Nc1c2c(nn1-c1ccccc1)CCC2. The third-order valence-corrected chi connectivity index (χ3v) is 5.44. The summed E-state index contributed by atoms with van der Waals surface area (Å²) in [4.78, 5) is 24.7. The lowest BCUT2D eigenvalue weighted by Gasteiger charge is -2.11. The summed E-state index contributed by atoms with van der Waals surface area (Å²) < 4.78 is 2.72. The molecule has 1 aromatic heterocycles. The van der Waals surface area contributed by atoms with Crippen molar-refractivity contribution in [1.82, 2.24) is 15.1 Å². The number of amides is 2. The number of nitrogens with one attached hydrogen (secondary N) is 2. The summed E-state index contributed by atoms with van der Waals surface area (Å²) in [6.07, 6.45) is 3.09. The second-order valence-corrected chi connectivity index (χ2v) is 7.85. The van der Waals surface area contributed by atoms with Gasteiger partial charge in [-0.1, -0.05) is 34.1 Å². The average Bonchev–Trinajstić information content (AvgIpc) is 3.32. The Balaban J connectivity index is 1.40. The van der Waals surface area contributed by atoms with Gasteiger partial charge in [-0.3, -0.25) is 9.59 Å². The van der Waals surface area contributed by atoms with Crippen LogP contribution in [0.2, 0.25) is 0 Å². The van der Waals surface area contributed by atoms with Crippen LogP contribution in [0.25, 0.3) is 5.69 Å². The number of nitrogens with zero attached hydrogens (tertiary/aromatic N) is 2. The third kappa shape index (κ3) is 4.40. The van der Waals surface area contributed by atoms with Gasteiger partial charge in [-0.25, -0.2) is 4.68 Å². The molecule has 0 unspecified atom stereocenters. The quantitative estimate of drug-likeness (QED) is 0.595. The first-order valence-electron chi connectivity index (χ1n) is 9.61. The minimum Gasteiger partial charge on any atom is -0.352 e. The number of aryl methyl sites for hydroxylation is 1. The fourth-order valence-corrected chi connectivity index (χ4v) is 3.73. The minimum absolute atomic E-state index is 0.145. The molecule has 29 heavy (non-hydrogen) atoms. The van der Waals surface area contributed by atoms with Crippen LogP contribution in [-0.4, -0.2) is 28.1 Å². The molecule has 0 bridgehead atoms. The van der Waals surface area contributed by atoms with E-state index in [2.05, 4.69) is 26.6 Å². The number of halogens is 1. The standard InChI is InChI=1S/C22H21BrN4O2/c23-16-11-9-15(10-12-16)22(29)24-14-13-20(28)25-21-18-7-4-8-19(18)26-27(21)17-5-2-1-3-6-17/h1-3,5-6,9-12H,4,7-8,13-14H2,(H,24,29)(H,25,28). The minimum atomic E-state index is -0.194. The Kier molecular flexibility index (Phi) is 5.76. The highest BCUT2D eigenvalue weighted by molar-refractivity contribution is 9.10. The van der Waals surface area contributed by atoms with Gasteiger partial charge in [-0.05, 0) is 55.7 Å². The van der Waals surface area contributed by atoms with E-state index in [0.29, 0.717) is 5.56 Å². The zero-order chi connectivity index (χ0) is 20.2. The monoisotopic (exact) mass is 452 g/mol. The summed E-state index contributed by atoms with van der Waals surface area (Å²) in [6.45, 7) is 0.266. The van der Waals surface area contributed by atoms with Crippen LogP contribution in [0.3, 0.4) is 0 Å². The highest BCUT2D eigenvalue weighted by Gasteiger charge is 2.24. The number of para-hydroxylation sites is 1. The number of anilines is 1. The van der Waals surface area contributed by atoms with Crippen molar-refractivity contribution in [1.29, 1.82) is 0 Å². The Morgan fingerprint density at radius 3 is 2.55 bits per heavy atom. The van der Waals surface area contributed by atoms with Crippen LogP contribution in [-0.2, 0) is 17.6 Å². The van der Waals surface area contributed by atoms with Gasteiger partial charge in [0.25, 0.3) is 5.91 Å². The molecule has 1 heterocycles. The molecule has 6 nitrogen and oxygen atoms in total. The van der Waals surface area contributed by atoms with E-state index >= 15 is 0 Å². The molecule has 3 aromatic rings. The Hall–Kier alpha value is -2.93. The molecule has 0 saturated heterocycles. The smallest absolute Gasteiger partial charge is 0.251 e. The molecule has 0 fully saturated rings. The number of aromatic nitrogens is 2. The maximum Gasteiger partial charge on any atom is 0.251 e. The van der Waals surface area contributed by atoms with Crippen molar-refractivity contribution in [2.24, 2.45) is 0 Å². The first-order chi connectivity index (χ1) is 14.1. The van der Waals surface area contributed by atoms with Crippen molar-refractivity contribution in [3.8, 4) is 5.69 Å². The fourth-order valence-electron chi connectivity index (χ4n) is 3.46. The van der Waals surface area contributed by atoms with Gasteiger partial charge in [0, 0.05) is 28.6 Å². The Labute approximate surface area is 177 Å². The van der Waals surface area contributed by atoms with E-state index in [9.17, 15) is 9.59 Å². The van der Waals surface area contributed by atoms with Crippen LogP contribution < -0.4 is 10.6 Å². The van der Waals surface area contributed by atoms with E-state index in [-0.39, 0.29) is 24.8 Å². The van der Waals surface area contributed by atoms with Crippen LogP contribution in [0, 0.1) is 0 Å². The fraction of sp³-hybridized carbons (Fsp3) is 0.227. The Morgan fingerprint density at radius 1 is 1.03 bits per heavy atom. The number of fused-ring (bicyclic) bond motifs is 1. The number of benzene rings is 2. The molecule has 1 aliphatic rings. The van der Waals surface area contributed by atoms with Gasteiger partial charge in [-0.15, -0.1) is 0 Å². The first-order valence-corrected chi connectivity index (χ1v) is 10.4. The predicted molar refractivity (Wildman–Crippen MR) is 115 cm³/mol. The largest absolute Gasteiger partial charge is 0.352 e. The molecular formula is C22H21BrN4O2. The molecule has 2 amide bonds. The van der Waals surface area contributed by atoms with Gasteiger partial charge in [0.05, 0.1) is 11.4 Å². The third-order valence-electron chi connectivity index (χ3n) is 4.91. The molecule has 0 atom stereocenters. The molecule has 7 heteroatoms. The highest BCUT2D eigenvalue weighted by Crippen LogP contribution is 2.30. The average molecular weight is 453 g/mol. The summed E-state index contributed by atoms with van der Waals surface area (Å²) in [5, 5.41) is 10.5. The van der Waals surface area contributed by atoms with Gasteiger partial charge in [0.2, 0.25) is 5.91 Å². The van der Waals surface area contributed by atoms with Crippen molar-refractivity contribution >= 4 is 33.6 Å². The second kappa shape index (κ2) is 8.61. The van der Waals surface area contributed by atoms with Crippen LogP contribution in [0.15, 0.2) is 59.1 Å². The van der Waals surface area contributed by atoms with Crippen molar-refractivity contribution in [2.75, 3.05) is 11.9 Å².